The van der Waals surface area contributed by atoms with E-state index >= 15 is 0 Å². The monoisotopic (exact) mass is 347 g/mol. The second kappa shape index (κ2) is 6.35. The molecule has 0 spiro atoms. The van der Waals surface area contributed by atoms with E-state index in [0.29, 0.717) is 12.3 Å². The lowest BCUT2D eigenvalue weighted by Gasteiger charge is -2.08. The molecule has 2 aromatic carbocycles. The van der Waals surface area contributed by atoms with Gasteiger partial charge < -0.3 is 10.5 Å². The molecule has 7 heteroatoms. The van der Waals surface area contributed by atoms with Gasteiger partial charge in [0.25, 0.3) is 0 Å². The van der Waals surface area contributed by atoms with Gasteiger partial charge in [-0.25, -0.2) is 0 Å². The number of nitrogens with two attached hydrogens (primary N) is 1. The average molecular weight is 348 g/mol. The minimum atomic E-state index is -0.584. The Bertz CT molecular complexity index is 741. The number of nitro groups is 1. The Morgan fingerprint density at radius 1 is 1.33 bits per heavy atom. The number of nitrogens with zero attached hydrogens (tertiary/aromatic N) is 2. The zero-order valence-electron chi connectivity index (χ0n) is 10.7. The van der Waals surface area contributed by atoms with Gasteiger partial charge in [-0.3, -0.25) is 10.1 Å². The molecule has 0 unspecified atom stereocenters. The van der Waals surface area contributed by atoms with E-state index in [1.165, 1.54) is 18.2 Å². The summed E-state index contributed by atoms with van der Waals surface area (Å²) >= 11 is 3.35. The van der Waals surface area contributed by atoms with E-state index < -0.39 is 4.92 Å². The molecule has 0 saturated carbocycles. The zero-order chi connectivity index (χ0) is 15.4. The van der Waals surface area contributed by atoms with Crippen LogP contribution in [0.1, 0.15) is 11.1 Å². The largest absolute Gasteiger partial charge is 0.450 e. The highest BCUT2D eigenvalue weighted by atomic mass is 79.9. The Morgan fingerprint density at radius 2 is 2.10 bits per heavy atom. The molecule has 2 aromatic rings. The molecule has 106 valence electrons. The lowest BCUT2D eigenvalue weighted by atomic mass is 10.2. The van der Waals surface area contributed by atoms with Crippen LogP contribution in [0.4, 0.5) is 5.69 Å². The fourth-order valence-electron chi connectivity index (χ4n) is 1.70. The smallest absolute Gasteiger partial charge is 0.312 e. The van der Waals surface area contributed by atoms with Gasteiger partial charge in [-0.2, -0.15) is 5.26 Å². The van der Waals surface area contributed by atoms with Gasteiger partial charge in [0.2, 0.25) is 5.75 Å². The van der Waals surface area contributed by atoms with E-state index in [1.54, 1.807) is 18.2 Å². The van der Waals surface area contributed by atoms with Crippen LogP contribution in [0.25, 0.3) is 0 Å². The second-order valence-corrected chi connectivity index (χ2v) is 4.97. The van der Waals surface area contributed by atoms with Crippen LogP contribution in [0.2, 0.25) is 0 Å². The van der Waals surface area contributed by atoms with Crippen LogP contribution >= 0.6 is 15.9 Å². The molecule has 0 amide bonds. The van der Waals surface area contributed by atoms with Gasteiger partial charge in [-0.1, -0.05) is 22.0 Å². The highest BCUT2D eigenvalue weighted by Gasteiger charge is 2.17. The molecule has 0 aliphatic rings. The molecule has 0 aromatic heterocycles. The normalized spacial score (nSPS) is 9.95. The molecular weight excluding hydrogens is 338 g/mol. The summed E-state index contributed by atoms with van der Waals surface area (Å²) in [5.74, 6) is 0.512. The Kier molecular flexibility index (Phi) is 4.52. The quantitative estimate of drug-likeness (QED) is 0.673. The van der Waals surface area contributed by atoms with Gasteiger partial charge >= 0.3 is 5.69 Å². The maximum atomic E-state index is 11.0. The van der Waals surface area contributed by atoms with Crippen molar-refractivity contribution in [3.8, 4) is 17.6 Å². The van der Waals surface area contributed by atoms with Gasteiger partial charge in [-0.05, 0) is 29.8 Å². The molecule has 0 aliphatic heterocycles. The number of hydrogen-bond donors (Lipinski definition) is 1. The van der Waals surface area contributed by atoms with Crippen LogP contribution in [0.15, 0.2) is 40.9 Å². The molecule has 0 saturated heterocycles. The van der Waals surface area contributed by atoms with E-state index in [9.17, 15) is 10.1 Å². The van der Waals surface area contributed by atoms with Crippen LogP contribution in [0.5, 0.6) is 11.5 Å². The Labute approximate surface area is 129 Å². The molecule has 2 N–H and O–H groups in total. The Balaban J connectivity index is 2.37. The third-order valence-corrected chi connectivity index (χ3v) is 3.50. The molecule has 21 heavy (non-hydrogen) atoms. The highest BCUT2D eigenvalue weighted by Crippen LogP contribution is 2.33. The highest BCUT2D eigenvalue weighted by molar-refractivity contribution is 9.10. The lowest BCUT2D eigenvalue weighted by molar-refractivity contribution is -0.385. The van der Waals surface area contributed by atoms with Crippen molar-refractivity contribution < 1.29 is 9.66 Å². The summed E-state index contributed by atoms with van der Waals surface area (Å²) in [5.41, 5.74) is 6.40. The number of nitriles is 1. The summed E-state index contributed by atoms with van der Waals surface area (Å²) in [6.07, 6.45) is 0. The molecular formula is C14H10BrN3O3. The van der Waals surface area contributed by atoms with Crippen LogP contribution in [0, 0.1) is 21.4 Å². The van der Waals surface area contributed by atoms with Gasteiger partial charge in [-0.15, -0.1) is 0 Å². The standard InChI is InChI=1S/C14H10BrN3O3/c15-12-6-11(3-2-10(12)8-17)21-14-4-1-9(7-16)5-13(14)18(19)20/h1-6H,8,17H2. The molecule has 0 fully saturated rings. The predicted molar refractivity (Wildman–Crippen MR) is 79.9 cm³/mol. The summed E-state index contributed by atoms with van der Waals surface area (Å²) in [4.78, 5) is 10.5. The summed E-state index contributed by atoms with van der Waals surface area (Å²) in [5, 5.41) is 19.8. The maximum absolute atomic E-state index is 11.0. The van der Waals surface area contributed by atoms with Crippen LogP contribution in [-0.2, 0) is 6.54 Å². The minimum Gasteiger partial charge on any atom is -0.450 e. The molecule has 0 atom stereocenters. The lowest BCUT2D eigenvalue weighted by Crippen LogP contribution is -1.98. The molecule has 0 radical (unpaired) electrons. The van der Waals surface area contributed by atoms with E-state index in [4.69, 9.17) is 15.7 Å². The SMILES string of the molecule is N#Cc1ccc(Oc2ccc(CN)c(Br)c2)c([N+](=O)[O-])c1. The van der Waals surface area contributed by atoms with Crippen molar-refractivity contribution in [2.24, 2.45) is 5.73 Å². The third-order valence-electron chi connectivity index (χ3n) is 2.76. The summed E-state index contributed by atoms with van der Waals surface area (Å²) < 4.78 is 6.29. The van der Waals surface area contributed by atoms with Gasteiger partial charge in [0.05, 0.1) is 16.6 Å². The minimum absolute atomic E-state index is 0.0754. The van der Waals surface area contributed by atoms with Crippen molar-refractivity contribution in [3.05, 3.63) is 62.1 Å². The fraction of sp³-hybridized carbons (Fsp3) is 0.0714. The van der Waals surface area contributed by atoms with Crippen molar-refractivity contribution in [2.45, 2.75) is 6.54 Å². The van der Waals surface area contributed by atoms with Crippen molar-refractivity contribution >= 4 is 21.6 Å². The average Bonchev–Trinajstić information content (AvgIpc) is 2.47. The molecule has 0 heterocycles. The molecule has 0 aliphatic carbocycles. The number of rotatable bonds is 4. The Hall–Kier alpha value is -2.43. The number of hydrogen-bond acceptors (Lipinski definition) is 5. The van der Waals surface area contributed by atoms with E-state index in [-0.39, 0.29) is 17.0 Å². The summed E-state index contributed by atoms with van der Waals surface area (Å²) in [6, 6.07) is 11.0. The fourth-order valence-corrected chi connectivity index (χ4v) is 2.22. The van der Waals surface area contributed by atoms with Gasteiger partial charge in [0.15, 0.2) is 0 Å². The predicted octanol–water partition coefficient (Wildman–Crippen LogP) is 3.48. The first-order valence-corrected chi connectivity index (χ1v) is 6.69. The Morgan fingerprint density at radius 3 is 2.67 bits per heavy atom. The number of benzene rings is 2. The third kappa shape index (κ3) is 3.37. The number of nitro benzene ring substituents is 1. The van der Waals surface area contributed by atoms with Gasteiger partial charge in [0.1, 0.15) is 5.75 Å². The maximum Gasteiger partial charge on any atom is 0.312 e. The topological polar surface area (TPSA) is 102 Å². The van der Waals surface area contributed by atoms with E-state index in [2.05, 4.69) is 15.9 Å². The van der Waals surface area contributed by atoms with E-state index in [0.717, 1.165) is 10.0 Å². The summed E-state index contributed by atoms with van der Waals surface area (Å²) in [7, 11) is 0. The van der Waals surface area contributed by atoms with Crippen LogP contribution in [0.3, 0.4) is 0 Å². The molecule has 2 rings (SSSR count). The first-order valence-electron chi connectivity index (χ1n) is 5.90. The molecule has 0 bridgehead atoms. The molecule has 6 nitrogen and oxygen atoms in total. The van der Waals surface area contributed by atoms with Crippen molar-refractivity contribution in [2.75, 3.05) is 0 Å². The van der Waals surface area contributed by atoms with Gasteiger partial charge in [0, 0.05) is 17.1 Å². The van der Waals surface area contributed by atoms with E-state index in [1.807, 2.05) is 6.07 Å². The number of ether oxygens (including phenoxy) is 1. The first kappa shape index (κ1) is 15.0. The van der Waals surface area contributed by atoms with Crippen molar-refractivity contribution in [3.63, 3.8) is 0 Å². The second-order valence-electron chi connectivity index (χ2n) is 4.11. The summed E-state index contributed by atoms with van der Waals surface area (Å²) in [6.45, 7) is 0.373. The zero-order valence-corrected chi connectivity index (χ0v) is 12.3. The van der Waals surface area contributed by atoms with Crippen LogP contribution < -0.4 is 10.5 Å². The van der Waals surface area contributed by atoms with Crippen LogP contribution in [-0.4, -0.2) is 4.92 Å². The first-order chi connectivity index (χ1) is 10.0. The van der Waals surface area contributed by atoms with Crippen molar-refractivity contribution in [1.82, 2.24) is 0 Å². The number of halogens is 1. The van der Waals surface area contributed by atoms with Crippen molar-refractivity contribution in [1.29, 1.82) is 5.26 Å².